The minimum Gasteiger partial charge on any atom is -0.354 e. The number of carbonyl (C=O) groups is 1. The summed E-state index contributed by atoms with van der Waals surface area (Å²) in [5.74, 6) is -0.805. The first-order valence-corrected chi connectivity index (χ1v) is 6.17. The van der Waals surface area contributed by atoms with Gasteiger partial charge >= 0.3 is 0 Å². The molecular formula is C8H15N3O3S. The highest BCUT2D eigenvalue weighted by Gasteiger charge is 2.30. The van der Waals surface area contributed by atoms with Crippen LogP contribution in [-0.4, -0.2) is 26.6 Å². The van der Waals surface area contributed by atoms with E-state index in [1.54, 1.807) is 6.92 Å². The Morgan fingerprint density at radius 2 is 2.13 bits per heavy atom. The van der Waals surface area contributed by atoms with Crippen LogP contribution in [0.15, 0.2) is 0 Å². The minimum atomic E-state index is -3.58. The normalized spacial score (nSPS) is 15.1. The fourth-order valence-corrected chi connectivity index (χ4v) is 1.18. The Balaban J connectivity index is 4.23. The first-order valence-electron chi connectivity index (χ1n) is 4.45. The SMILES string of the molecule is CCC(C)(C#N)C(=O)NCCS(N)(=O)=O. The molecule has 0 radical (unpaired) electrons. The molecule has 6 nitrogen and oxygen atoms in total. The van der Waals surface area contributed by atoms with E-state index in [2.05, 4.69) is 5.32 Å². The molecule has 0 bridgehead atoms. The number of amides is 1. The molecule has 0 aliphatic carbocycles. The van der Waals surface area contributed by atoms with Crippen LogP contribution in [0.2, 0.25) is 0 Å². The molecule has 1 amide bonds. The summed E-state index contributed by atoms with van der Waals surface area (Å²) < 4.78 is 21.1. The molecule has 15 heavy (non-hydrogen) atoms. The maximum absolute atomic E-state index is 11.4. The molecule has 0 aliphatic heterocycles. The Labute approximate surface area is 89.5 Å². The van der Waals surface area contributed by atoms with E-state index in [1.807, 2.05) is 6.07 Å². The molecule has 1 unspecified atom stereocenters. The van der Waals surface area contributed by atoms with Crippen molar-refractivity contribution in [1.29, 1.82) is 5.26 Å². The zero-order chi connectivity index (χ0) is 12.1. The highest BCUT2D eigenvalue weighted by molar-refractivity contribution is 7.89. The minimum absolute atomic E-state index is 0.0745. The van der Waals surface area contributed by atoms with Crippen molar-refractivity contribution in [3.63, 3.8) is 0 Å². The van der Waals surface area contributed by atoms with Crippen LogP contribution < -0.4 is 10.5 Å². The average Bonchev–Trinajstić information content (AvgIpc) is 2.14. The van der Waals surface area contributed by atoms with Crippen LogP contribution in [0.3, 0.4) is 0 Å². The standard InChI is InChI=1S/C8H15N3O3S/c1-3-8(2,6-9)7(12)11-4-5-15(10,13)14/h3-5H2,1-2H3,(H,11,12)(H2,10,13,14). The highest BCUT2D eigenvalue weighted by Crippen LogP contribution is 2.19. The number of primary sulfonamides is 1. The van der Waals surface area contributed by atoms with E-state index >= 15 is 0 Å². The summed E-state index contributed by atoms with van der Waals surface area (Å²) in [4.78, 5) is 11.4. The monoisotopic (exact) mass is 233 g/mol. The third kappa shape index (κ3) is 4.76. The van der Waals surface area contributed by atoms with Crippen LogP contribution >= 0.6 is 0 Å². The zero-order valence-corrected chi connectivity index (χ0v) is 9.60. The van der Waals surface area contributed by atoms with E-state index in [0.29, 0.717) is 6.42 Å². The molecule has 86 valence electrons. The van der Waals surface area contributed by atoms with Crippen LogP contribution in [0.5, 0.6) is 0 Å². The molecule has 1 atom stereocenters. The molecule has 0 fully saturated rings. The second-order valence-corrected chi connectivity index (χ2v) is 5.15. The van der Waals surface area contributed by atoms with Crippen LogP contribution in [0.25, 0.3) is 0 Å². The van der Waals surface area contributed by atoms with Gasteiger partial charge in [-0.1, -0.05) is 6.92 Å². The van der Waals surface area contributed by atoms with Crippen molar-refractivity contribution in [3.05, 3.63) is 0 Å². The fourth-order valence-electron chi connectivity index (χ4n) is 0.792. The number of rotatable bonds is 5. The van der Waals surface area contributed by atoms with Gasteiger partial charge in [0, 0.05) is 6.54 Å². The molecule has 0 saturated heterocycles. The average molecular weight is 233 g/mol. The summed E-state index contributed by atoms with van der Waals surface area (Å²) in [5, 5.41) is 15.9. The molecule has 0 rings (SSSR count). The van der Waals surface area contributed by atoms with Crippen molar-refractivity contribution in [1.82, 2.24) is 5.32 Å². The lowest BCUT2D eigenvalue weighted by Crippen LogP contribution is -2.40. The van der Waals surface area contributed by atoms with E-state index in [1.165, 1.54) is 6.92 Å². The summed E-state index contributed by atoms with van der Waals surface area (Å²) in [6.45, 7) is 3.14. The molecule has 0 spiro atoms. The largest absolute Gasteiger partial charge is 0.354 e. The lowest BCUT2D eigenvalue weighted by atomic mass is 9.88. The number of nitrogens with zero attached hydrogens (tertiary/aromatic N) is 1. The van der Waals surface area contributed by atoms with Gasteiger partial charge in [-0.3, -0.25) is 4.79 Å². The predicted octanol–water partition coefficient (Wildman–Crippen LogP) is -0.669. The van der Waals surface area contributed by atoms with E-state index < -0.39 is 21.3 Å². The van der Waals surface area contributed by atoms with Crippen LogP contribution in [0.1, 0.15) is 20.3 Å². The van der Waals surface area contributed by atoms with Crippen LogP contribution in [0.4, 0.5) is 0 Å². The molecule has 3 N–H and O–H groups in total. The first kappa shape index (κ1) is 13.9. The quantitative estimate of drug-likeness (QED) is 0.655. The smallest absolute Gasteiger partial charge is 0.240 e. The third-order valence-corrected chi connectivity index (χ3v) is 2.90. The summed E-state index contributed by atoms with van der Waals surface area (Å²) in [7, 11) is -3.58. The number of nitrogens with two attached hydrogens (primary N) is 1. The Hall–Kier alpha value is -1.13. The van der Waals surface area contributed by atoms with Crippen molar-refractivity contribution in [2.45, 2.75) is 20.3 Å². The van der Waals surface area contributed by atoms with E-state index in [9.17, 15) is 13.2 Å². The van der Waals surface area contributed by atoms with Gasteiger partial charge in [0.2, 0.25) is 15.9 Å². The van der Waals surface area contributed by atoms with Gasteiger partial charge in [0.25, 0.3) is 0 Å². The maximum atomic E-state index is 11.4. The number of hydrogen-bond acceptors (Lipinski definition) is 4. The summed E-state index contributed by atoms with van der Waals surface area (Å²) in [5.41, 5.74) is -1.11. The first-order chi connectivity index (χ1) is 6.75. The Bertz CT molecular complexity index is 371. The van der Waals surface area contributed by atoms with Crippen LogP contribution in [0, 0.1) is 16.7 Å². The van der Waals surface area contributed by atoms with Crippen molar-refractivity contribution in [3.8, 4) is 6.07 Å². The fraction of sp³-hybridized carbons (Fsp3) is 0.750. The van der Waals surface area contributed by atoms with Crippen molar-refractivity contribution < 1.29 is 13.2 Å². The predicted molar refractivity (Wildman–Crippen MR) is 55.0 cm³/mol. The number of sulfonamides is 1. The van der Waals surface area contributed by atoms with Gasteiger partial charge in [0.15, 0.2) is 0 Å². The van der Waals surface area contributed by atoms with Crippen molar-refractivity contribution >= 4 is 15.9 Å². The second kappa shape index (κ2) is 5.09. The van der Waals surface area contributed by atoms with Crippen molar-refractivity contribution in [2.75, 3.05) is 12.3 Å². The molecule has 0 aromatic carbocycles. The van der Waals surface area contributed by atoms with E-state index in [0.717, 1.165) is 0 Å². The third-order valence-electron chi connectivity index (χ3n) is 2.13. The van der Waals surface area contributed by atoms with Gasteiger partial charge in [-0.25, -0.2) is 13.6 Å². The lowest BCUT2D eigenvalue weighted by molar-refractivity contribution is -0.127. The maximum Gasteiger partial charge on any atom is 0.240 e. The lowest BCUT2D eigenvalue weighted by Gasteiger charge is -2.18. The van der Waals surface area contributed by atoms with Crippen LogP contribution in [-0.2, 0) is 14.8 Å². The van der Waals surface area contributed by atoms with Gasteiger partial charge in [-0.15, -0.1) is 0 Å². The Kier molecular flexibility index (Phi) is 4.71. The number of carbonyl (C=O) groups excluding carboxylic acids is 1. The van der Waals surface area contributed by atoms with E-state index in [-0.39, 0.29) is 12.3 Å². The molecule has 7 heteroatoms. The zero-order valence-electron chi connectivity index (χ0n) is 8.78. The van der Waals surface area contributed by atoms with Gasteiger partial charge in [0.05, 0.1) is 11.8 Å². The van der Waals surface area contributed by atoms with Gasteiger partial charge in [0.1, 0.15) is 5.41 Å². The molecular weight excluding hydrogens is 218 g/mol. The van der Waals surface area contributed by atoms with E-state index in [4.69, 9.17) is 10.4 Å². The number of hydrogen-bond donors (Lipinski definition) is 2. The number of nitrogens with one attached hydrogen (secondary N) is 1. The molecule has 0 saturated carbocycles. The molecule has 0 aliphatic rings. The second-order valence-electron chi connectivity index (χ2n) is 3.42. The summed E-state index contributed by atoms with van der Waals surface area (Å²) in [6.07, 6.45) is 0.366. The molecule has 0 aromatic heterocycles. The Morgan fingerprint density at radius 1 is 1.60 bits per heavy atom. The molecule has 0 aromatic rings. The molecule has 0 heterocycles. The summed E-state index contributed by atoms with van der Waals surface area (Å²) >= 11 is 0. The van der Waals surface area contributed by atoms with Crippen molar-refractivity contribution in [2.24, 2.45) is 10.6 Å². The van der Waals surface area contributed by atoms with Gasteiger partial charge in [-0.2, -0.15) is 5.26 Å². The number of nitriles is 1. The highest BCUT2D eigenvalue weighted by atomic mass is 32.2. The topological polar surface area (TPSA) is 113 Å². The Morgan fingerprint density at radius 3 is 2.47 bits per heavy atom. The van der Waals surface area contributed by atoms with Gasteiger partial charge in [-0.05, 0) is 13.3 Å². The summed E-state index contributed by atoms with van der Waals surface area (Å²) in [6, 6.07) is 1.88. The van der Waals surface area contributed by atoms with Gasteiger partial charge < -0.3 is 5.32 Å².